The molecular weight excluding hydrogens is 422 g/mol. The number of carbonyl (C=O) groups is 2. The lowest BCUT2D eigenvalue weighted by atomic mass is 9.97. The lowest BCUT2D eigenvalue weighted by Crippen LogP contribution is -2.35. The summed E-state index contributed by atoms with van der Waals surface area (Å²) in [5, 5.41) is 3.26. The highest BCUT2D eigenvalue weighted by atomic mass is 16.1. The van der Waals surface area contributed by atoms with E-state index in [9.17, 15) is 9.59 Å². The molecule has 1 aliphatic carbocycles. The Labute approximate surface area is 207 Å². The van der Waals surface area contributed by atoms with Gasteiger partial charge in [0.1, 0.15) is 6.29 Å². The Morgan fingerprint density at radius 1 is 0.647 bits per heavy atom. The Balaban J connectivity index is 1.84. The van der Waals surface area contributed by atoms with Crippen molar-refractivity contribution in [3.8, 4) is 0 Å². The Hall–Kier alpha value is -1.72. The fourth-order valence-corrected chi connectivity index (χ4v) is 5.03. The molecule has 5 nitrogen and oxygen atoms in total. The number of amides is 1. The number of hydrogen-bond donors (Lipinski definition) is 3. The van der Waals surface area contributed by atoms with E-state index in [-0.39, 0.29) is 18.0 Å². The third kappa shape index (κ3) is 12.7. The highest BCUT2D eigenvalue weighted by Crippen LogP contribution is 2.17. The maximum Gasteiger partial charge on any atom is 0.251 e. The average Bonchev–Trinajstić information content (AvgIpc) is 2.84. The number of nitrogens with two attached hydrogens (primary N) is 2. The molecule has 0 saturated heterocycles. The van der Waals surface area contributed by atoms with Crippen LogP contribution in [0.3, 0.4) is 0 Å². The van der Waals surface area contributed by atoms with Crippen molar-refractivity contribution in [2.24, 2.45) is 11.5 Å². The van der Waals surface area contributed by atoms with E-state index in [0.29, 0.717) is 17.2 Å². The van der Waals surface area contributed by atoms with E-state index in [1.807, 2.05) is 0 Å². The number of carbonyl (C=O) groups excluding carboxylic acids is 2. The lowest BCUT2D eigenvalue weighted by molar-refractivity contribution is 0.0930. The summed E-state index contributed by atoms with van der Waals surface area (Å²) >= 11 is 0. The average molecular weight is 472 g/mol. The first kappa shape index (κ1) is 28.5. The van der Waals surface area contributed by atoms with Crippen molar-refractivity contribution in [3.63, 3.8) is 0 Å². The Morgan fingerprint density at radius 2 is 1.03 bits per heavy atom. The molecule has 0 radical (unpaired) electrons. The Bertz CT molecular complexity index is 676. The van der Waals surface area contributed by atoms with Crippen LogP contribution in [0.1, 0.15) is 136 Å². The molecule has 1 fully saturated rings. The minimum atomic E-state index is -0.0390. The van der Waals surface area contributed by atoms with E-state index >= 15 is 0 Å². The number of hydrogen-bond acceptors (Lipinski definition) is 4. The topological polar surface area (TPSA) is 98.2 Å². The molecule has 0 heterocycles. The fourth-order valence-electron chi connectivity index (χ4n) is 5.03. The van der Waals surface area contributed by atoms with E-state index in [4.69, 9.17) is 11.5 Å². The van der Waals surface area contributed by atoms with Gasteiger partial charge in [-0.3, -0.25) is 9.59 Å². The number of benzene rings is 1. The molecule has 0 aromatic heterocycles. The van der Waals surface area contributed by atoms with Crippen molar-refractivity contribution in [1.82, 2.24) is 5.32 Å². The van der Waals surface area contributed by atoms with Gasteiger partial charge in [0.15, 0.2) is 0 Å². The van der Waals surface area contributed by atoms with Crippen LogP contribution in [0.2, 0.25) is 0 Å². The first-order valence-electron chi connectivity index (χ1n) is 14.0. The molecular formula is C29H49N3O2. The maximum absolute atomic E-state index is 12.8. The predicted octanol–water partition coefficient (Wildman–Crippen LogP) is 6.29. The van der Waals surface area contributed by atoms with Crippen LogP contribution in [0.5, 0.6) is 0 Å². The molecule has 1 saturated carbocycles. The molecule has 3 atom stereocenters. The zero-order chi connectivity index (χ0) is 24.4. The van der Waals surface area contributed by atoms with Gasteiger partial charge in [0, 0.05) is 29.3 Å². The summed E-state index contributed by atoms with van der Waals surface area (Å²) < 4.78 is 0. The molecule has 1 amide bonds. The Morgan fingerprint density at radius 3 is 1.50 bits per heavy atom. The molecule has 3 unspecified atom stereocenters. The van der Waals surface area contributed by atoms with Gasteiger partial charge in [-0.2, -0.15) is 0 Å². The van der Waals surface area contributed by atoms with Gasteiger partial charge in [0.05, 0.1) is 0 Å². The minimum absolute atomic E-state index is 0.0390. The van der Waals surface area contributed by atoms with E-state index in [0.717, 1.165) is 57.7 Å². The third-order valence-electron chi connectivity index (χ3n) is 7.30. The van der Waals surface area contributed by atoms with Crippen molar-refractivity contribution >= 4 is 12.2 Å². The molecule has 192 valence electrons. The molecule has 34 heavy (non-hydrogen) atoms. The molecule has 2 rings (SSSR count). The molecule has 0 aliphatic heterocycles. The van der Waals surface area contributed by atoms with Gasteiger partial charge < -0.3 is 16.8 Å². The highest BCUT2D eigenvalue weighted by Gasteiger charge is 2.14. The van der Waals surface area contributed by atoms with Crippen molar-refractivity contribution in [1.29, 1.82) is 0 Å². The van der Waals surface area contributed by atoms with Gasteiger partial charge in [0.2, 0.25) is 0 Å². The fraction of sp³-hybridized carbons (Fsp3) is 0.724. The van der Waals surface area contributed by atoms with Gasteiger partial charge in [-0.05, 0) is 50.7 Å². The van der Waals surface area contributed by atoms with Crippen molar-refractivity contribution in [2.75, 3.05) is 0 Å². The number of rotatable bonds is 3. The summed E-state index contributed by atoms with van der Waals surface area (Å²) in [5.74, 6) is -0.0390. The van der Waals surface area contributed by atoms with Crippen LogP contribution in [0.25, 0.3) is 0 Å². The van der Waals surface area contributed by atoms with E-state index in [2.05, 4.69) is 5.32 Å². The van der Waals surface area contributed by atoms with E-state index in [1.54, 1.807) is 24.3 Å². The predicted molar refractivity (Wildman–Crippen MR) is 142 cm³/mol. The van der Waals surface area contributed by atoms with Crippen molar-refractivity contribution in [3.05, 3.63) is 35.4 Å². The molecule has 5 N–H and O–H groups in total. The summed E-state index contributed by atoms with van der Waals surface area (Å²) in [6.45, 7) is 0. The monoisotopic (exact) mass is 471 g/mol. The zero-order valence-corrected chi connectivity index (χ0v) is 21.3. The van der Waals surface area contributed by atoms with Gasteiger partial charge in [-0.15, -0.1) is 0 Å². The van der Waals surface area contributed by atoms with Gasteiger partial charge in [-0.1, -0.05) is 89.2 Å². The number of nitrogens with one attached hydrogen (secondary N) is 1. The van der Waals surface area contributed by atoms with Crippen LogP contribution in [-0.2, 0) is 0 Å². The normalized spacial score (nSPS) is 25.5. The quantitative estimate of drug-likeness (QED) is 0.451. The Kier molecular flexibility index (Phi) is 14.8. The van der Waals surface area contributed by atoms with E-state index < -0.39 is 0 Å². The maximum atomic E-state index is 12.8. The summed E-state index contributed by atoms with van der Waals surface area (Å²) in [6.07, 6.45) is 22.0. The second-order valence-electron chi connectivity index (χ2n) is 10.4. The van der Waals surface area contributed by atoms with Gasteiger partial charge >= 0.3 is 0 Å². The SMILES string of the molecule is NC1CCCCCCCCCCC(NC(=O)c2ccc(C=O)cc2)CCCCC(N)CCCC1. The number of aldehydes is 1. The minimum Gasteiger partial charge on any atom is -0.349 e. The first-order valence-corrected chi connectivity index (χ1v) is 14.0. The molecule has 1 aromatic rings. The second-order valence-corrected chi connectivity index (χ2v) is 10.4. The summed E-state index contributed by atoms with van der Waals surface area (Å²) in [6, 6.07) is 7.71. The zero-order valence-electron chi connectivity index (χ0n) is 21.3. The van der Waals surface area contributed by atoms with Gasteiger partial charge in [-0.25, -0.2) is 0 Å². The van der Waals surface area contributed by atoms with Crippen molar-refractivity contribution < 1.29 is 9.59 Å². The van der Waals surface area contributed by atoms with Gasteiger partial charge in [0.25, 0.3) is 5.91 Å². The summed E-state index contributed by atoms with van der Waals surface area (Å²) in [4.78, 5) is 23.7. The highest BCUT2D eigenvalue weighted by molar-refractivity contribution is 5.95. The van der Waals surface area contributed by atoms with Crippen LogP contribution in [0.15, 0.2) is 24.3 Å². The molecule has 0 spiro atoms. The van der Waals surface area contributed by atoms with Crippen LogP contribution < -0.4 is 16.8 Å². The standard InChI is InChI=1S/C29H49N3O2/c30-26-13-7-5-3-1-2-4-6-8-17-28(18-12-11-16-27(31)15-10-9-14-26)32-29(34)25-21-19-24(23-33)20-22-25/h19-23,26-28H,1-18,30-31H2,(H,32,34). The third-order valence-corrected chi connectivity index (χ3v) is 7.30. The van der Waals surface area contributed by atoms with Crippen LogP contribution >= 0.6 is 0 Å². The molecule has 0 bridgehead atoms. The summed E-state index contributed by atoms with van der Waals surface area (Å²) in [5.41, 5.74) is 13.9. The molecule has 5 heteroatoms. The van der Waals surface area contributed by atoms with Crippen molar-refractivity contribution in [2.45, 2.75) is 134 Å². The van der Waals surface area contributed by atoms with E-state index in [1.165, 1.54) is 64.2 Å². The lowest BCUT2D eigenvalue weighted by Gasteiger charge is -2.20. The first-order chi connectivity index (χ1) is 16.6. The second kappa shape index (κ2) is 17.7. The largest absolute Gasteiger partial charge is 0.349 e. The smallest absolute Gasteiger partial charge is 0.251 e. The molecule has 1 aromatic carbocycles. The van der Waals surface area contributed by atoms with Crippen LogP contribution in [0.4, 0.5) is 0 Å². The molecule has 1 aliphatic rings. The van der Waals surface area contributed by atoms with Crippen LogP contribution in [0, 0.1) is 0 Å². The summed E-state index contributed by atoms with van der Waals surface area (Å²) in [7, 11) is 0. The van der Waals surface area contributed by atoms with Crippen LogP contribution in [-0.4, -0.2) is 30.3 Å².